The molecule has 4 aliphatic carbocycles. The monoisotopic (exact) mass is 395 g/mol. The van der Waals surface area contributed by atoms with E-state index in [1.165, 1.54) is 50.5 Å². The zero-order valence-corrected chi connectivity index (χ0v) is 18.4. The first kappa shape index (κ1) is 19.6. The van der Waals surface area contributed by atoms with Crippen molar-refractivity contribution in [3.63, 3.8) is 0 Å². The molecule has 4 saturated carbocycles. The van der Waals surface area contributed by atoms with Gasteiger partial charge in [0.2, 0.25) is 0 Å². The number of rotatable bonds is 2. The van der Waals surface area contributed by atoms with Gasteiger partial charge in [0.1, 0.15) is 6.10 Å². The molecule has 0 amide bonds. The van der Waals surface area contributed by atoms with Gasteiger partial charge in [0.05, 0.1) is 0 Å². The van der Waals surface area contributed by atoms with E-state index < -0.39 is 0 Å². The van der Waals surface area contributed by atoms with Crippen LogP contribution in [0.25, 0.3) is 0 Å². The highest BCUT2D eigenvalue weighted by Gasteiger charge is 2.60. The zero-order valence-electron chi connectivity index (χ0n) is 18.4. The van der Waals surface area contributed by atoms with E-state index in [4.69, 9.17) is 4.74 Å². The van der Waals surface area contributed by atoms with Crippen molar-refractivity contribution in [1.29, 1.82) is 0 Å². The van der Waals surface area contributed by atoms with Crippen LogP contribution in [0.2, 0.25) is 0 Å². The van der Waals surface area contributed by atoms with Crippen molar-refractivity contribution in [1.82, 2.24) is 4.98 Å². The van der Waals surface area contributed by atoms with E-state index in [1.807, 2.05) is 6.20 Å². The second-order valence-corrected chi connectivity index (χ2v) is 11.1. The van der Waals surface area contributed by atoms with Gasteiger partial charge in [-0.25, -0.2) is 0 Å². The maximum atomic E-state index is 11.5. The second kappa shape index (κ2) is 7.10. The molecule has 5 rings (SSSR count). The smallest absolute Gasteiger partial charge is 0.302 e. The van der Waals surface area contributed by atoms with Gasteiger partial charge in [0.15, 0.2) is 0 Å². The summed E-state index contributed by atoms with van der Waals surface area (Å²) in [7, 11) is 0. The molecule has 0 unspecified atom stereocenters. The molecule has 1 aromatic heterocycles. The Morgan fingerprint density at radius 3 is 2.59 bits per heavy atom. The Balaban J connectivity index is 1.36. The van der Waals surface area contributed by atoms with E-state index in [0.29, 0.717) is 16.7 Å². The van der Waals surface area contributed by atoms with Crippen LogP contribution in [-0.4, -0.2) is 17.1 Å². The third kappa shape index (κ3) is 3.06. The lowest BCUT2D eigenvalue weighted by Crippen LogP contribution is -2.54. The van der Waals surface area contributed by atoms with Gasteiger partial charge in [-0.1, -0.05) is 19.9 Å². The normalized spacial score (nSPS) is 46.3. The summed E-state index contributed by atoms with van der Waals surface area (Å²) in [6, 6.07) is 4.43. The Morgan fingerprint density at radius 2 is 1.83 bits per heavy atom. The number of hydrogen-bond acceptors (Lipinski definition) is 3. The molecule has 29 heavy (non-hydrogen) atoms. The van der Waals surface area contributed by atoms with Crippen LogP contribution in [0.3, 0.4) is 0 Å². The van der Waals surface area contributed by atoms with E-state index in [9.17, 15) is 4.79 Å². The minimum Gasteiger partial charge on any atom is -0.463 e. The van der Waals surface area contributed by atoms with Gasteiger partial charge in [-0.15, -0.1) is 0 Å². The summed E-state index contributed by atoms with van der Waals surface area (Å²) in [5.41, 5.74) is 2.37. The lowest BCUT2D eigenvalue weighted by atomic mass is 9.44. The predicted octanol–water partition coefficient (Wildman–Crippen LogP) is 6.14. The van der Waals surface area contributed by atoms with Crippen LogP contribution < -0.4 is 0 Å². The van der Waals surface area contributed by atoms with E-state index >= 15 is 0 Å². The highest BCUT2D eigenvalue weighted by atomic mass is 16.5. The number of hydrogen-bond donors (Lipinski definition) is 0. The summed E-state index contributed by atoms with van der Waals surface area (Å²) < 4.78 is 5.62. The molecule has 0 radical (unpaired) electrons. The highest BCUT2D eigenvalue weighted by Crippen LogP contribution is 2.69. The average molecular weight is 396 g/mol. The second-order valence-electron chi connectivity index (χ2n) is 11.1. The fourth-order valence-corrected chi connectivity index (χ4v) is 8.69. The van der Waals surface area contributed by atoms with E-state index in [-0.39, 0.29) is 12.1 Å². The minimum absolute atomic E-state index is 0.104. The summed E-state index contributed by atoms with van der Waals surface area (Å²) >= 11 is 0. The Hall–Kier alpha value is -1.38. The van der Waals surface area contributed by atoms with Crippen molar-refractivity contribution < 1.29 is 9.53 Å². The minimum atomic E-state index is -0.104. The maximum absolute atomic E-state index is 11.5. The molecule has 4 fully saturated rings. The van der Waals surface area contributed by atoms with Crippen LogP contribution in [0.4, 0.5) is 0 Å². The third-order valence-corrected chi connectivity index (χ3v) is 10.0. The van der Waals surface area contributed by atoms with Crippen molar-refractivity contribution in [2.45, 2.75) is 90.6 Å². The first-order valence-corrected chi connectivity index (χ1v) is 12.0. The lowest BCUT2D eigenvalue weighted by Gasteiger charge is -2.61. The largest absolute Gasteiger partial charge is 0.463 e. The van der Waals surface area contributed by atoms with Crippen LogP contribution in [0, 0.1) is 34.5 Å². The fraction of sp³-hybridized carbons (Fsp3) is 0.769. The number of carbonyl (C=O) groups is 1. The van der Waals surface area contributed by atoms with Gasteiger partial charge >= 0.3 is 5.97 Å². The number of aromatic nitrogens is 1. The molecule has 0 aliphatic heterocycles. The Bertz CT molecular complexity index is 763. The molecule has 8 atom stereocenters. The van der Waals surface area contributed by atoms with E-state index in [2.05, 4.69) is 37.2 Å². The molecule has 3 nitrogen and oxygen atoms in total. The molecular weight excluding hydrogens is 358 g/mol. The predicted molar refractivity (Wildman–Crippen MR) is 114 cm³/mol. The van der Waals surface area contributed by atoms with Gasteiger partial charge < -0.3 is 4.74 Å². The first-order valence-electron chi connectivity index (χ1n) is 12.0. The van der Waals surface area contributed by atoms with Crippen molar-refractivity contribution in [2.75, 3.05) is 0 Å². The first-order chi connectivity index (χ1) is 13.9. The number of nitrogens with zero attached hydrogens (tertiary/aromatic N) is 1. The van der Waals surface area contributed by atoms with E-state index in [1.54, 1.807) is 6.92 Å². The van der Waals surface area contributed by atoms with Crippen LogP contribution >= 0.6 is 0 Å². The number of carbonyl (C=O) groups excluding carboxylic acids is 1. The Labute approximate surface area is 176 Å². The van der Waals surface area contributed by atoms with Crippen LogP contribution in [-0.2, 0) is 9.53 Å². The van der Waals surface area contributed by atoms with Gasteiger partial charge in [-0.05, 0) is 110 Å². The summed E-state index contributed by atoms with van der Waals surface area (Å²) in [5, 5.41) is 0. The molecule has 4 aliphatic rings. The van der Waals surface area contributed by atoms with Crippen LogP contribution in [0.5, 0.6) is 0 Å². The van der Waals surface area contributed by atoms with Gasteiger partial charge in [-0.2, -0.15) is 0 Å². The number of pyridine rings is 1. The lowest BCUT2D eigenvalue weighted by molar-refractivity contribution is -0.159. The molecule has 1 heterocycles. The summed E-state index contributed by atoms with van der Waals surface area (Å²) in [5.74, 6) is 3.95. The highest BCUT2D eigenvalue weighted by molar-refractivity contribution is 5.66. The van der Waals surface area contributed by atoms with Crippen molar-refractivity contribution in [3.05, 3.63) is 30.1 Å². The SMILES string of the molecule is CC(=O)O[C@@H]1CC[C@@]2(C)[C@@H](CC[C@@H]3[C@@H]2CC[C@]2(C)[C@@H](c4cccnc4)CC[C@@H]32)C1. The quantitative estimate of drug-likeness (QED) is 0.565. The van der Waals surface area contributed by atoms with Gasteiger partial charge in [0, 0.05) is 19.3 Å². The molecule has 3 heteroatoms. The summed E-state index contributed by atoms with van der Waals surface area (Å²) in [6.07, 6.45) is 15.8. The third-order valence-electron chi connectivity index (χ3n) is 10.0. The fourth-order valence-electron chi connectivity index (χ4n) is 8.69. The molecule has 158 valence electrons. The molecule has 0 N–H and O–H groups in total. The maximum Gasteiger partial charge on any atom is 0.302 e. The molecular formula is C26H37NO2. The van der Waals surface area contributed by atoms with Gasteiger partial charge in [-0.3, -0.25) is 9.78 Å². The number of esters is 1. The average Bonchev–Trinajstić information content (AvgIpc) is 3.06. The van der Waals surface area contributed by atoms with Crippen LogP contribution in [0.15, 0.2) is 24.5 Å². The Kier molecular flexibility index (Phi) is 4.79. The Morgan fingerprint density at radius 1 is 1.03 bits per heavy atom. The number of ether oxygens (including phenoxy) is 1. The van der Waals surface area contributed by atoms with Crippen molar-refractivity contribution in [3.8, 4) is 0 Å². The molecule has 0 spiro atoms. The molecule has 0 bridgehead atoms. The number of fused-ring (bicyclic) bond motifs is 5. The van der Waals surface area contributed by atoms with E-state index in [0.717, 1.165) is 36.5 Å². The standard InChI is InChI=1S/C26H37NO2/c1-17(28)29-20-10-12-25(2)19(15-20)6-7-21-23-9-8-22(18-5-4-14-27-16-18)26(23,3)13-11-24(21)25/h4-5,14,16,19-24H,6-13,15H2,1-3H3/t19-,20+,21-,22+,23-,24-,25-,26+/m0/s1. The summed E-state index contributed by atoms with van der Waals surface area (Å²) in [4.78, 5) is 15.9. The van der Waals surface area contributed by atoms with Gasteiger partial charge in [0.25, 0.3) is 0 Å². The summed E-state index contributed by atoms with van der Waals surface area (Å²) in [6.45, 7) is 6.75. The van der Waals surface area contributed by atoms with Crippen molar-refractivity contribution in [2.24, 2.45) is 34.5 Å². The zero-order chi connectivity index (χ0) is 20.2. The van der Waals surface area contributed by atoms with Crippen LogP contribution in [0.1, 0.15) is 90.0 Å². The molecule has 1 aromatic rings. The molecule has 0 saturated heterocycles. The topological polar surface area (TPSA) is 39.2 Å². The molecule has 0 aromatic carbocycles. The van der Waals surface area contributed by atoms with Crippen molar-refractivity contribution >= 4 is 5.97 Å².